The van der Waals surface area contributed by atoms with E-state index in [0.717, 1.165) is 22.6 Å². The number of aryl methyl sites for hydroxylation is 1. The van der Waals surface area contributed by atoms with Crippen molar-refractivity contribution in [3.63, 3.8) is 0 Å². The summed E-state index contributed by atoms with van der Waals surface area (Å²) in [5.74, 6) is -1.70. The molecule has 2 amide bonds. The van der Waals surface area contributed by atoms with Crippen LogP contribution in [0, 0.1) is 6.92 Å². The molecule has 0 aromatic heterocycles. The van der Waals surface area contributed by atoms with Crippen LogP contribution < -0.4 is 9.64 Å². The van der Waals surface area contributed by atoms with Crippen LogP contribution in [-0.2, 0) is 14.3 Å². The maximum atomic E-state index is 13.4. The van der Waals surface area contributed by atoms with Gasteiger partial charge in [-0.3, -0.25) is 9.59 Å². The fourth-order valence-electron chi connectivity index (χ4n) is 3.63. The Morgan fingerprint density at radius 3 is 2.29 bits per heavy atom. The van der Waals surface area contributed by atoms with Gasteiger partial charge in [0.15, 0.2) is 0 Å². The lowest BCUT2D eigenvalue weighted by Crippen LogP contribution is -2.40. The third-order valence-electron chi connectivity index (χ3n) is 5.04. The lowest BCUT2D eigenvalue weighted by atomic mass is 10.0. The second-order valence-electron chi connectivity index (χ2n) is 7.18. The van der Waals surface area contributed by atoms with Crippen molar-refractivity contribution in [2.24, 2.45) is 0 Å². The number of ether oxygens (including phenoxy) is 2. The molecule has 0 radical (unpaired) electrons. The third kappa shape index (κ3) is 4.27. The Bertz CT molecular complexity index is 1040. The minimum Gasteiger partial charge on any atom is -0.406 e. The molecule has 0 atom stereocenters. The van der Waals surface area contributed by atoms with E-state index in [-0.39, 0.29) is 17.0 Å². The first-order valence-corrected chi connectivity index (χ1v) is 9.63. The molecule has 0 unspecified atom stereocenters. The quantitative estimate of drug-likeness (QED) is 0.693. The van der Waals surface area contributed by atoms with E-state index in [9.17, 15) is 22.8 Å². The number of hydrogen-bond donors (Lipinski definition) is 0. The molecule has 9 heteroatoms. The number of carbonyl (C=O) groups excluding carboxylic acids is 2. The zero-order valence-corrected chi connectivity index (χ0v) is 16.6. The molecule has 0 aliphatic carbocycles. The van der Waals surface area contributed by atoms with Gasteiger partial charge in [0.25, 0.3) is 11.8 Å². The van der Waals surface area contributed by atoms with Crippen molar-refractivity contribution in [3.05, 3.63) is 65.4 Å². The lowest BCUT2D eigenvalue weighted by Gasteiger charge is -2.29. The summed E-state index contributed by atoms with van der Waals surface area (Å²) in [7, 11) is 0. The minimum absolute atomic E-state index is 0.00428. The van der Waals surface area contributed by atoms with Gasteiger partial charge in [0.1, 0.15) is 11.4 Å². The van der Waals surface area contributed by atoms with Crippen molar-refractivity contribution >= 4 is 23.1 Å². The maximum Gasteiger partial charge on any atom is 0.573 e. The number of alkyl halides is 3. The third-order valence-corrected chi connectivity index (χ3v) is 5.04. The molecule has 0 N–H and O–H groups in total. The van der Waals surface area contributed by atoms with Crippen molar-refractivity contribution < 1.29 is 32.2 Å². The van der Waals surface area contributed by atoms with Crippen molar-refractivity contribution in [1.82, 2.24) is 4.90 Å². The molecule has 6 nitrogen and oxygen atoms in total. The molecule has 2 aromatic rings. The molecular formula is C22H19F3N2O4. The van der Waals surface area contributed by atoms with Crippen LogP contribution in [0.4, 0.5) is 18.9 Å². The van der Waals surface area contributed by atoms with Crippen LogP contribution in [0.3, 0.4) is 0 Å². The number of imide groups is 1. The minimum atomic E-state index is -4.89. The molecule has 31 heavy (non-hydrogen) atoms. The largest absolute Gasteiger partial charge is 0.573 e. The van der Waals surface area contributed by atoms with E-state index >= 15 is 0 Å². The number of halogens is 3. The van der Waals surface area contributed by atoms with E-state index in [0.29, 0.717) is 31.9 Å². The van der Waals surface area contributed by atoms with Crippen LogP contribution in [-0.4, -0.2) is 49.4 Å². The second-order valence-corrected chi connectivity index (χ2v) is 7.18. The Labute approximate surface area is 176 Å². The number of carbonyl (C=O) groups is 2. The van der Waals surface area contributed by atoms with Crippen LogP contribution in [0.1, 0.15) is 11.1 Å². The van der Waals surface area contributed by atoms with Crippen molar-refractivity contribution in [2.45, 2.75) is 13.3 Å². The zero-order valence-electron chi connectivity index (χ0n) is 16.6. The first kappa shape index (κ1) is 20.9. The van der Waals surface area contributed by atoms with Crippen molar-refractivity contribution in [3.8, 4) is 5.75 Å². The normalized spacial score (nSPS) is 17.5. The molecule has 0 bridgehead atoms. The van der Waals surface area contributed by atoms with Gasteiger partial charge < -0.3 is 14.4 Å². The highest BCUT2D eigenvalue weighted by atomic mass is 19.4. The second kappa shape index (κ2) is 8.07. The number of anilines is 1. The van der Waals surface area contributed by atoms with Crippen LogP contribution in [0.25, 0.3) is 5.57 Å². The van der Waals surface area contributed by atoms with Crippen LogP contribution in [0.5, 0.6) is 5.75 Å². The van der Waals surface area contributed by atoms with Gasteiger partial charge >= 0.3 is 6.36 Å². The predicted molar refractivity (Wildman–Crippen MR) is 106 cm³/mol. The van der Waals surface area contributed by atoms with Gasteiger partial charge in [-0.25, -0.2) is 4.90 Å². The monoisotopic (exact) mass is 432 g/mol. The average Bonchev–Trinajstić information content (AvgIpc) is 2.98. The van der Waals surface area contributed by atoms with E-state index in [2.05, 4.69) is 4.74 Å². The Balaban J connectivity index is 1.76. The summed E-state index contributed by atoms with van der Waals surface area (Å²) in [6.45, 7) is 3.56. The Hall–Kier alpha value is -3.33. The standard InChI is InChI=1S/C22H19F3N2O4/c1-14-5-7-15(8-6-14)18-19(26-9-11-30-12-10-26)21(29)27(20(18)28)16-3-2-4-17(13-16)31-22(23,24)25/h2-8,13H,9-12H2,1H3. The van der Waals surface area contributed by atoms with E-state index < -0.39 is 23.9 Å². The highest BCUT2D eigenvalue weighted by Crippen LogP contribution is 2.36. The van der Waals surface area contributed by atoms with Crippen molar-refractivity contribution in [1.29, 1.82) is 0 Å². The van der Waals surface area contributed by atoms with Gasteiger partial charge in [0.2, 0.25) is 0 Å². The number of rotatable bonds is 4. The van der Waals surface area contributed by atoms with Gasteiger partial charge in [-0.1, -0.05) is 35.9 Å². The molecule has 4 rings (SSSR count). The van der Waals surface area contributed by atoms with Gasteiger partial charge in [0, 0.05) is 19.2 Å². The molecule has 162 valence electrons. The fourth-order valence-corrected chi connectivity index (χ4v) is 3.63. The highest BCUT2D eigenvalue weighted by Gasteiger charge is 2.43. The Kier molecular flexibility index (Phi) is 5.45. The van der Waals surface area contributed by atoms with Crippen LogP contribution >= 0.6 is 0 Å². The number of hydrogen-bond acceptors (Lipinski definition) is 5. The summed E-state index contributed by atoms with van der Waals surface area (Å²) in [5, 5.41) is 0. The van der Waals surface area contributed by atoms with Gasteiger partial charge in [0.05, 0.1) is 24.5 Å². The van der Waals surface area contributed by atoms with E-state index in [1.807, 2.05) is 19.1 Å². The fraction of sp³-hybridized carbons (Fsp3) is 0.273. The highest BCUT2D eigenvalue weighted by molar-refractivity contribution is 6.45. The molecule has 2 aliphatic rings. The van der Waals surface area contributed by atoms with Gasteiger partial charge in [-0.15, -0.1) is 13.2 Å². The summed E-state index contributed by atoms with van der Waals surface area (Å²) in [6, 6.07) is 12.0. The zero-order chi connectivity index (χ0) is 22.2. The molecular weight excluding hydrogens is 413 g/mol. The van der Waals surface area contributed by atoms with Crippen molar-refractivity contribution in [2.75, 3.05) is 31.2 Å². The molecule has 2 aliphatic heterocycles. The summed E-state index contributed by atoms with van der Waals surface area (Å²) in [5.41, 5.74) is 2.00. The first-order chi connectivity index (χ1) is 14.7. The van der Waals surface area contributed by atoms with Crippen LogP contribution in [0.15, 0.2) is 54.2 Å². The van der Waals surface area contributed by atoms with E-state index in [1.165, 1.54) is 12.1 Å². The predicted octanol–water partition coefficient (Wildman–Crippen LogP) is 3.51. The summed E-state index contributed by atoms with van der Waals surface area (Å²) < 4.78 is 47.2. The summed E-state index contributed by atoms with van der Waals surface area (Å²) >= 11 is 0. The first-order valence-electron chi connectivity index (χ1n) is 9.63. The van der Waals surface area contributed by atoms with Gasteiger partial charge in [-0.2, -0.15) is 0 Å². The topological polar surface area (TPSA) is 59.1 Å². The average molecular weight is 432 g/mol. The summed E-state index contributed by atoms with van der Waals surface area (Å²) in [4.78, 5) is 29.4. The smallest absolute Gasteiger partial charge is 0.406 e. The molecule has 0 saturated carbocycles. The van der Waals surface area contributed by atoms with Crippen LogP contribution in [0.2, 0.25) is 0 Å². The lowest BCUT2D eigenvalue weighted by molar-refractivity contribution is -0.274. The Morgan fingerprint density at radius 2 is 1.65 bits per heavy atom. The van der Waals surface area contributed by atoms with E-state index in [4.69, 9.17) is 4.74 Å². The molecule has 2 heterocycles. The number of benzene rings is 2. The molecule has 2 aromatic carbocycles. The summed E-state index contributed by atoms with van der Waals surface area (Å²) in [6.07, 6.45) is -4.89. The molecule has 1 fully saturated rings. The SMILES string of the molecule is Cc1ccc(C2=C(N3CCOCC3)C(=O)N(c3cccc(OC(F)(F)F)c3)C2=O)cc1. The molecule has 1 saturated heterocycles. The number of nitrogens with zero attached hydrogens (tertiary/aromatic N) is 2. The maximum absolute atomic E-state index is 13.4. The Morgan fingerprint density at radius 1 is 0.968 bits per heavy atom. The van der Waals surface area contributed by atoms with Gasteiger partial charge in [-0.05, 0) is 24.6 Å². The number of morpholine rings is 1. The number of amides is 2. The van der Waals surface area contributed by atoms with E-state index in [1.54, 1.807) is 17.0 Å². The molecule has 0 spiro atoms.